The summed E-state index contributed by atoms with van der Waals surface area (Å²) in [6.45, 7) is 2.85. The summed E-state index contributed by atoms with van der Waals surface area (Å²) in [5.41, 5.74) is 0.955. The Bertz CT molecular complexity index is 733. The van der Waals surface area contributed by atoms with E-state index in [2.05, 4.69) is 15.5 Å². The highest BCUT2D eigenvalue weighted by molar-refractivity contribution is 5.89. The number of urea groups is 1. The van der Waals surface area contributed by atoms with Crippen molar-refractivity contribution in [3.05, 3.63) is 29.8 Å². The fourth-order valence-corrected chi connectivity index (χ4v) is 3.83. The predicted molar refractivity (Wildman–Crippen MR) is 93.9 cm³/mol. The van der Waals surface area contributed by atoms with E-state index in [-0.39, 0.29) is 6.04 Å². The molecule has 5 unspecified atom stereocenters. The molecule has 3 heterocycles. The minimum absolute atomic E-state index is 0.317. The molecular formula is C18H22N4O5. The largest absolute Gasteiger partial charge is 0.389 e. The first kappa shape index (κ1) is 18.2. The minimum Gasteiger partial charge on any atom is -0.389 e. The van der Waals surface area contributed by atoms with Crippen LogP contribution < -0.4 is 10.6 Å². The van der Waals surface area contributed by atoms with E-state index in [0.29, 0.717) is 44.2 Å². The number of hydrogen-bond acceptors (Lipinski definition) is 7. The number of carbonyl (C=O) groups excluding carboxylic acids is 1. The van der Waals surface area contributed by atoms with Crippen LogP contribution in [0, 0.1) is 11.3 Å². The summed E-state index contributed by atoms with van der Waals surface area (Å²) < 4.78 is 17.0. The van der Waals surface area contributed by atoms with E-state index in [1.165, 1.54) is 0 Å². The van der Waals surface area contributed by atoms with Crippen molar-refractivity contribution < 1.29 is 24.1 Å². The van der Waals surface area contributed by atoms with Crippen LogP contribution in [0.5, 0.6) is 0 Å². The summed E-state index contributed by atoms with van der Waals surface area (Å²) in [7, 11) is 0. The molecule has 0 aromatic heterocycles. The first-order valence-corrected chi connectivity index (χ1v) is 9.00. The van der Waals surface area contributed by atoms with Gasteiger partial charge in [-0.1, -0.05) is 6.07 Å². The number of nitriles is 1. The molecule has 3 fully saturated rings. The number of amides is 2. The monoisotopic (exact) mass is 374 g/mol. The van der Waals surface area contributed by atoms with Crippen LogP contribution in [0.4, 0.5) is 10.5 Å². The number of morpholine rings is 1. The first-order chi connectivity index (χ1) is 13.2. The Kier molecular flexibility index (Phi) is 5.24. The second-order valence-corrected chi connectivity index (χ2v) is 6.82. The van der Waals surface area contributed by atoms with E-state index in [1.54, 1.807) is 24.3 Å². The van der Waals surface area contributed by atoms with Crippen molar-refractivity contribution >= 4 is 11.7 Å². The van der Waals surface area contributed by atoms with Crippen LogP contribution in [0.1, 0.15) is 5.56 Å². The molecule has 3 aliphatic rings. The maximum Gasteiger partial charge on any atom is 0.319 e. The van der Waals surface area contributed by atoms with E-state index in [1.807, 2.05) is 6.07 Å². The number of rotatable bonds is 3. The van der Waals surface area contributed by atoms with Gasteiger partial charge in [0, 0.05) is 18.8 Å². The SMILES string of the molecule is N#Cc1cccc(NC(=O)NC2C3COC(O3)C(N3CCOCC3)C2O)c1. The fraction of sp³-hybridized carbons (Fsp3) is 0.556. The molecule has 5 atom stereocenters. The van der Waals surface area contributed by atoms with E-state index < -0.39 is 30.6 Å². The lowest BCUT2D eigenvalue weighted by Gasteiger charge is -2.44. The molecule has 2 bridgehead atoms. The highest BCUT2D eigenvalue weighted by Gasteiger charge is 2.52. The Balaban J connectivity index is 1.44. The molecule has 2 amide bonds. The molecule has 3 saturated heterocycles. The Morgan fingerprint density at radius 2 is 2.15 bits per heavy atom. The van der Waals surface area contributed by atoms with Crippen LogP contribution in [-0.4, -0.2) is 79.5 Å². The molecule has 3 aliphatic heterocycles. The van der Waals surface area contributed by atoms with Crippen LogP contribution in [0.15, 0.2) is 24.3 Å². The predicted octanol–water partition coefficient (Wildman–Crippen LogP) is -0.135. The van der Waals surface area contributed by atoms with Crippen LogP contribution >= 0.6 is 0 Å². The normalized spacial score (nSPS) is 33.3. The van der Waals surface area contributed by atoms with Crippen LogP contribution in [0.3, 0.4) is 0 Å². The number of fused-ring (bicyclic) bond motifs is 2. The number of aliphatic hydroxyl groups is 1. The van der Waals surface area contributed by atoms with E-state index in [0.717, 1.165) is 0 Å². The third kappa shape index (κ3) is 3.76. The van der Waals surface area contributed by atoms with Gasteiger partial charge in [0.05, 0.1) is 49.6 Å². The molecule has 0 aliphatic carbocycles. The van der Waals surface area contributed by atoms with Gasteiger partial charge in [-0.2, -0.15) is 5.26 Å². The second-order valence-electron chi connectivity index (χ2n) is 6.82. The van der Waals surface area contributed by atoms with Crippen LogP contribution in [-0.2, 0) is 14.2 Å². The number of benzene rings is 1. The standard InChI is InChI=1S/C18H22N4O5/c19-9-11-2-1-3-12(8-11)20-18(24)21-14-13-10-26-17(27-13)15(16(14)23)22-4-6-25-7-5-22/h1-3,8,13-17,23H,4-7,10H2,(H2,20,21,24). The van der Waals surface area contributed by atoms with Crippen LogP contribution in [0.25, 0.3) is 0 Å². The van der Waals surface area contributed by atoms with Crippen molar-refractivity contribution in [2.75, 3.05) is 38.2 Å². The molecule has 9 heteroatoms. The van der Waals surface area contributed by atoms with Gasteiger partial charge in [-0.15, -0.1) is 0 Å². The number of anilines is 1. The number of nitrogens with zero attached hydrogens (tertiary/aromatic N) is 2. The fourth-order valence-electron chi connectivity index (χ4n) is 3.83. The lowest BCUT2D eigenvalue weighted by molar-refractivity contribution is -0.189. The number of aliphatic hydroxyl groups excluding tert-OH is 1. The van der Waals surface area contributed by atoms with Crippen molar-refractivity contribution in [2.45, 2.75) is 30.6 Å². The summed E-state index contributed by atoms with van der Waals surface area (Å²) in [5, 5.41) is 25.4. The average Bonchev–Trinajstić information content (AvgIpc) is 3.11. The maximum atomic E-state index is 12.4. The highest BCUT2D eigenvalue weighted by Crippen LogP contribution is 2.31. The molecule has 0 spiro atoms. The topological polar surface area (TPSA) is 116 Å². The van der Waals surface area contributed by atoms with Crippen molar-refractivity contribution in [1.29, 1.82) is 5.26 Å². The summed E-state index contributed by atoms with van der Waals surface area (Å²) in [6, 6.07) is 7.22. The van der Waals surface area contributed by atoms with Gasteiger partial charge in [0.15, 0.2) is 6.29 Å². The van der Waals surface area contributed by atoms with Crippen molar-refractivity contribution in [3.63, 3.8) is 0 Å². The Hall–Kier alpha value is -2.22. The number of carbonyl (C=O) groups is 1. The van der Waals surface area contributed by atoms with Gasteiger partial charge in [-0.3, -0.25) is 4.90 Å². The third-order valence-electron chi connectivity index (χ3n) is 5.15. The summed E-state index contributed by atoms with van der Waals surface area (Å²) >= 11 is 0. The molecule has 144 valence electrons. The zero-order valence-electron chi connectivity index (χ0n) is 14.7. The molecule has 1 aromatic carbocycles. The Labute approximate surface area is 156 Å². The minimum atomic E-state index is -0.828. The van der Waals surface area contributed by atoms with Gasteiger partial charge >= 0.3 is 6.03 Å². The summed E-state index contributed by atoms with van der Waals surface area (Å²) in [5.74, 6) is 0. The molecule has 27 heavy (non-hydrogen) atoms. The Morgan fingerprint density at radius 3 is 2.93 bits per heavy atom. The zero-order valence-corrected chi connectivity index (χ0v) is 14.7. The van der Waals surface area contributed by atoms with Gasteiger partial charge in [-0.05, 0) is 18.2 Å². The number of hydrogen-bond donors (Lipinski definition) is 3. The van der Waals surface area contributed by atoms with E-state index >= 15 is 0 Å². The molecule has 9 nitrogen and oxygen atoms in total. The van der Waals surface area contributed by atoms with Crippen molar-refractivity contribution in [2.24, 2.45) is 0 Å². The third-order valence-corrected chi connectivity index (χ3v) is 5.15. The molecule has 1 aromatic rings. The molecular weight excluding hydrogens is 352 g/mol. The molecule has 0 saturated carbocycles. The summed E-state index contributed by atoms with van der Waals surface area (Å²) in [6.07, 6.45) is -1.74. The lowest BCUT2D eigenvalue weighted by atomic mass is 9.94. The molecule has 0 radical (unpaired) electrons. The number of nitrogens with one attached hydrogen (secondary N) is 2. The molecule has 3 N–H and O–H groups in total. The Morgan fingerprint density at radius 1 is 1.33 bits per heavy atom. The summed E-state index contributed by atoms with van der Waals surface area (Å²) in [4.78, 5) is 14.5. The zero-order chi connectivity index (χ0) is 18.8. The van der Waals surface area contributed by atoms with Gasteiger partial charge in [0.25, 0.3) is 0 Å². The maximum absolute atomic E-state index is 12.4. The smallest absolute Gasteiger partial charge is 0.319 e. The van der Waals surface area contributed by atoms with Crippen molar-refractivity contribution in [3.8, 4) is 6.07 Å². The van der Waals surface area contributed by atoms with Gasteiger partial charge in [-0.25, -0.2) is 4.79 Å². The van der Waals surface area contributed by atoms with Gasteiger partial charge < -0.3 is 30.0 Å². The lowest BCUT2D eigenvalue weighted by Crippen LogP contribution is -2.66. The average molecular weight is 374 g/mol. The van der Waals surface area contributed by atoms with Crippen LogP contribution in [0.2, 0.25) is 0 Å². The van der Waals surface area contributed by atoms with Gasteiger partial charge in [0.1, 0.15) is 6.10 Å². The highest BCUT2D eigenvalue weighted by atomic mass is 16.7. The number of ether oxygens (including phenoxy) is 3. The van der Waals surface area contributed by atoms with Gasteiger partial charge in [0.2, 0.25) is 0 Å². The van der Waals surface area contributed by atoms with Crippen molar-refractivity contribution in [1.82, 2.24) is 10.2 Å². The van der Waals surface area contributed by atoms with E-state index in [4.69, 9.17) is 19.5 Å². The van der Waals surface area contributed by atoms with E-state index in [9.17, 15) is 9.90 Å². The first-order valence-electron chi connectivity index (χ1n) is 9.00. The second kappa shape index (κ2) is 7.80. The quantitative estimate of drug-likeness (QED) is 0.675. The molecule has 4 rings (SSSR count).